The molecule has 0 N–H and O–H groups in total. The fourth-order valence-corrected chi connectivity index (χ4v) is 3.35. The van der Waals surface area contributed by atoms with Crippen molar-refractivity contribution in [3.63, 3.8) is 0 Å². The van der Waals surface area contributed by atoms with Crippen LogP contribution in [-0.2, 0) is 4.74 Å². The van der Waals surface area contributed by atoms with Crippen LogP contribution in [0.1, 0.15) is 44.0 Å². The molecule has 0 saturated carbocycles. The monoisotopic (exact) mass is 388 g/mol. The molecule has 0 fully saturated rings. The Morgan fingerprint density at radius 1 is 1.11 bits per heavy atom. The molecule has 7 heteroatoms. The van der Waals surface area contributed by atoms with Gasteiger partial charge in [-0.2, -0.15) is 0 Å². The summed E-state index contributed by atoms with van der Waals surface area (Å²) in [5.74, 6) is 0.803. The number of aryl methyl sites for hydroxylation is 1. The lowest BCUT2D eigenvalue weighted by atomic mass is 10.1. The number of hydrogen-bond acceptors (Lipinski definition) is 5. The van der Waals surface area contributed by atoms with Gasteiger partial charge in [0, 0.05) is 19.0 Å². The summed E-state index contributed by atoms with van der Waals surface area (Å²) in [6.45, 7) is 8.85. The predicted molar refractivity (Wildman–Crippen MR) is 108 cm³/mol. The second-order valence-corrected chi connectivity index (χ2v) is 7.36. The fraction of sp³-hybridized carbons (Fsp3) is 0.450. The summed E-state index contributed by atoms with van der Waals surface area (Å²) in [6.07, 6.45) is 2.03. The van der Waals surface area contributed by atoms with Gasteiger partial charge >= 0.3 is 0 Å². The predicted octanol–water partition coefficient (Wildman–Crippen LogP) is 4.79. The molecule has 0 amide bonds. The van der Waals surface area contributed by atoms with Crippen LogP contribution < -0.4 is 4.74 Å². The zero-order valence-electron chi connectivity index (χ0n) is 16.6. The second kappa shape index (κ2) is 7.82. The molecule has 0 aromatic carbocycles. The van der Waals surface area contributed by atoms with E-state index in [1.807, 2.05) is 29.8 Å². The van der Waals surface area contributed by atoms with Crippen molar-refractivity contribution >= 4 is 22.8 Å². The van der Waals surface area contributed by atoms with E-state index in [-0.39, 0.29) is 6.04 Å². The minimum absolute atomic E-state index is 0.129. The van der Waals surface area contributed by atoms with Gasteiger partial charge in [-0.1, -0.05) is 25.4 Å². The Morgan fingerprint density at radius 2 is 1.85 bits per heavy atom. The summed E-state index contributed by atoms with van der Waals surface area (Å²) in [7, 11) is 3.29. The van der Waals surface area contributed by atoms with E-state index < -0.39 is 0 Å². The highest BCUT2D eigenvalue weighted by Gasteiger charge is 2.20. The Hall–Kier alpha value is -2.18. The third-order valence-corrected chi connectivity index (χ3v) is 4.85. The van der Waals surface area contributed by atoms with Gasteiger partial charge in [-0.05, 0) is 37.5 Å². The lowest BCUT2D eigenvalue weighted by Crippen LogP contribution is -2.10. The number of nitrogens with zero attached hydrogens (tertiary/aromatic N) is 4. The maximum absolute atomic E-state index is 6.53. The molecule has 0 aliphatic heterocycles. The molecule has 0 bridgehead atoms. The van der Waals surface area contributed by atoms with Gasteiger partial charge in [0.15, 0.2) is 10.8 Å². The summed E-state index contributed by atoms with van der Waals surface area (Å²) in [5, 5.41) is 0.323. The molecule has 0 spiro atoms. The Morgan fingerprint density at radius 3 is 2.48 bits per heavy atom. The quantitative estimate of drug-likeness (QED) is 0.607. The van der Waals surface area contributed by atoms with Crippen molar-refractivity contribution in [1.29, 1.82) is 0 Å². The van der Waals surface area contributed by atoms with Crippen molar-refractivity contribution in [1.82, 2.24) is 19.5 Å². The molecule has 0 aliphatic carbocycles. The summed E-state index contributed by atoms with van der Waals surface area (Å²) in [5.41, 5.74) is 4.85. The van der Waals surface area contributed by atoms with E-state index in [9.17, 15) is 0 Å². The number of rotatable bonds is 6. The number of aromatic nitrogens is 4. The fourth-order valence-electron chi connectivity index (χ4n) is 3.12. The molecule has 3 rings (SSSR count). The molecule has 0 radical (unpaired) electrons. The van der Waals surface area contributed by atoms with Gasteiger partial charge in [0.1, 0.15) is 11.2 Å². The van der Waals surface area contributed by atoms with Gasteiger partial charge < -0.3 is 14.0 Å². The van der Waals surface area contributed by atoms with Crippen molar-refractivity contribution in [2.45, 2.75) is 39.7 Å². The number of hydrogen-bond donors (Lipinski definition) is 0. The summed E-state index contributed by atoms with van der Waals surface area (Å²) >= 11 is 6.53. The van der Waals surface area contributed by atoms with Crippen LogP contribution in [0.15, 0.2) is 18.3 Å². The van der Waals surface area contributed by atoms with Gasteiger partial charge in [0.25, 0.3) is 0 Å². The molecule has 0 aliphatic rings. The van der Waals surface area contributed by atoms with Crippen molar-refractivity contribution in [2.75, 3.05) is 20.8 Å². The molecule has 27 heavy (non-hydrogen) atoms. The minimum Gasteiger partial charge on any atom is -0.480 e. The molecule has 1 unspecified atom stereocenters. The first-order valence-electron chi connectivity index (χ1n) is 8.96. The summed E-state index contributed by atoms with van der Waals surface area (Å²) in [6, 6.07) is 4.05. The van der Waals surface area contributed by atoms with Crippen molar-refractivity contribution < 1.29 is 9.47 Å². The third-order valence-electron chi connectivity index (χ3n) is 4.59. The van der Waals surface area contributed by atoms with E-state index in [1.54, 1.807) is 14.2 Å². The maximum atomic E-state index is 6.53. The number of ether oxygens (including phenoxy) is 2. The summed E-state index contributed by atoms with van der Waals surface area (Å²) in [4.78, 5) is 14.0. The number of halogens is 1. The molecular formula is C20H25ClN4O2. The van der Waals surface area contributed by atoms with Crippen LogP contribution in [0.5, 0.6) is 5.88 Å². The molecule has 3 aromatic rings. The average Bonchev–Trinajstić information content (AvgIpc) is 2.96. The van der Waals surface area contributed by atoms with Crippen LogP contribution in [0.4, 0.5) is 0 Å². The van der Waals surface area contributed by atoms with Gasteiger partial charge in [0.2, 0.25) is 5.88 Å². The Labute approximate surface area is 164 Å². The van der Waals surface area contributed by atoms with E-state index >= 15 is 0 Å². The van der Waals surface area contributed by atoms with Crippen molar-refractivity contribution in [3.05, 3.63) is 34.7 Å². The van der Waals surface area contributed by atoms with E-state index in [0.717, 1.165) is 28.0 Å². The lowest BCUT2D eigenvalue weighted by molar-refractivity contribution is 0.163. The van der Waals surface area contributed by atoms with E-state index in [1.165, 1.54) is 0 Å². The van der Waals surface area contributed by atoms with Crippen LogP contribution in [0.25, 0.3) is 22.4 Å². The highest BCUT2D eigenvalue weighted by molar-refractivity contribution is 6.32. The lowest BCUT2D eigenvalue weighted by Gasteiger charge is -2.14. The molecule has 3 aromatic heterocycles. The van der Waals surface area contributed by atoms with Crippen molar-refractivity contribution in [3.8, 4) is 17.1 Å². The molecule has 1 atom stereocenters. The zero-order chi connectivity index (χ0) is 19.7. The van der Waals surface area contributed by atoms with E-state index in [0.29, 0.717) is 29.3 Å². The maximum Gasteiger partial charge on any atom is 0.223 e. The van der Waals surface area contributed by atoms with Crippen molar-refractivity contribution in [2.24, 2.45) is 0 Å². The molecule has 3 heterocycles. The minimum atomic E-state index is 0.129. The van der Waals surface area contributed by atoms with Gasteiger partial charge in [-0.3, -0.25) is 0 Å². The number of methoxy groups -OCH3 is 2. The highest BCUT2D eigenvalue weighted by atomic mass is 35.5. The second-order valence-electron chi connectivity index (χ2n) is 7.01. The largest absolute Gasteiger partial charge is 0.480 e. The first-order valence-corrected chi connectivity index (χ1v) is 9.34. The number of fused-ring (bicyclic) bond motifs is 1. The van der Waals surface area contributed by atoms with E-state index in [2.05, 4.69) is 30.7 Å². The molecule has 144 valence electrons. The first-order chi connectivity index (χ1) is 12.9. The Bertz CT molecular complexity index is 968. The van der Waals surface area contributed by atoms with Gasteiger partial charge in [0.05, 0.1) is 25.3 Å². The topological polar surface area (TPSA) is 62.1 Å². The zero-order valence-corrected chi connectivity index (χ0v) is 17.3. The average molecular weight is 389 g/mol. The normalized spacial score (nSPS) is 12.7. The van der Waals surface area contributed by atoms with Crippen LogP contribution in [0.3, 0.4) is 0 Å². The highest BCUT2D eigenvalue weighted by Crippen LogP contribution is 2.35. The van der Waals surface area contributed by atoms with Crippen LogP contribution in [0, 0.1) is 6.92 Å². The number of pyridine rings is 1. The van der Waals surface area contributed by atoms with Gasteiger partial charge in [-0.15, -0.1) is 0 Å². The van der Waals surface area contributed by atoms with Crippen LogP contribution >= 0.6 is 11.6 Å². The van der Waals surface area contributed by atoms with E-state index in [4.69, 9.17) is 26.1 Å². The Balaban J connectivity index is 2.17. The summed E-state index contributed by atoms with van der Waals surface area (Å²) < 4.78 is 12.8. The van der Waals surface area contributed by atoms with Crippen LogP contribution in [-0.4, -0.2) is 40.3 Å². The van der Waals surface area contributed by atoms with Gasteiger partial charge in [-0.25, -0.2) is 15.0 Å². The third kappa shape index (κ3) is 3.64. The standard InChI is InChI=1S/C20H25ClN4O2/c1-11(2)15-8-7-14(20(22-15)27-6)17-18(21)24-19-16(23-17)12(3)9-25(19)13(4)10-26-5/h7-9,11,13H,10H2,1-6H3. The SMILES string of the molecule is COCC(C)n1cc(C)c2nc(-c3ccc(C(C)C)nc3OC)c(Cl)nc21. The van der Waals surface area contributed by atoms with Crippen LogP contribution in [0.2, 0.25) is 5.15 Å². The molecule has 6 nitrogen and oxygen atoms in total. The molecule has 0 saturated heterocycles. The smallest absolute Gasteiger partial charge is 0.223 e. The first kappa shape index (κ1) is 19.6. The Kier molecular flexibility index (Phi) is 5.67. The molecular weight excluding hydrogens is 364 g/mol.